The van der Waals surface area contributed by atoms with Gasteiger partial charge in [0.05, 0.1) is 7.11 Å². The number of aromatic nitrogens is 2. The first-order valence-electron chi connectivity index (χ1n) is 4.88. The molecule has 84 valence electrons. The van der Waals surface area contributed by atoms with Gasteiger partial charge in [0.15, 0.2) is 0 Å². The number of para-hydroxylation sites is 1. The number of aliphatic hydroxyl groups is 1. The van der Waals surface area contributed by atoms with Gasteiger partial charge in [0.1, 0.15) is 17.5 Å². The average Bonchev–Trinajstić information content (AvgIpc) is 2.83. The van der Waals surface area contributed by atoms with Gasteiger partial charge in [0.25, 0.3) is 0 Å². The van der Waals surface area contributed by atoms with Gasteiger partial charge in [-0.05, 0) is 23.2 Å². The van der Waals surface area contributed by atoms with Crippen LogP contribution in [0, 0.1) is 0 Å². The van der Waals surface area contributed by atoms with Crippen LogP contribution in [0.2, 0.25) is 0 Å². The van der Waals surface area contributed by atoms with E-state index in [1.807, 2.05) is 24.3 Å². The van der Waals surface area contributed by atoms with Gasteiger partial charge in [-0.1, -0.05) is 22.7 Å². The van der Waals surface area contributed by atoms with Crippen molar-refractivity contribution >= 4 is 11.5 Å². The van der Waals surface area contributed by atoms with Gasteiger partial charge >= 0.3 is 0 Å². The van der Waals surface area contributed by atoms with Crippen molar-refractivity contribution in [2.75, 3.05) is 7.11 Å². The molecule has 16 heavy (non-hydrogen) atoms. The summed E-state index contributed by atoms with van der Waals surface area (Å²) in [7, 11) is 1.62. The molecule has 0 saturated carbocycles. The van der Waals surface area contributed by atoms with E-state index in [0.717, 1.165) is 11.3 Å². The smallest absolute Gasteiger partial charge is 0.122 e. The molecule has 0 spiro atoms. The van der Waals surface area contributed by atoms with E-state index < -0.39 is 6.10 Å². The van der Waals surface area contributed by atoms with Crippen molar-refractivity contribution < 1.29 is 9.84 Å². The molecule has 1 N–H and O–H groups in total. The minimum atomic E-state index is -0.630. The Morgan fingerprint density at radius 3 is 2.94 bits per heavy atom. The van der Waals surface area contributed by atoms with Gasteiger partial charge < -0.3 is 9.84 Å². The number of methoxy groups -OCH3 is 1. The molecule has 1 unspecified atom stereocenters. The third-order valence-electron chi connectivity index (χ3n) is 2.32. The SMILES string of the molecule is COc1ccccc1CC(O)c1csnn1. The van der Waals surface area contributed by atoms with E-state index in [4.69, 9.17) is 4.74 Å². The Labute approximate surface area is 97.7 Å². The van der Waals surface area contributed by atoms with Crippen molar-refractivity contribution in [1.29, 1.82) is 0 Å². The zero-order valence-electron chi connectivity index (χ0n) is 8.83. The van der Waals surface area contributed by atoms with Gasteiger partial charge in [0, 0.05) is 11.8 Å². The Morgan fingerprint density at radius 1 is 1.44 bits per heavy atom. The largest absolute Gasteiger partial charge is 0.496 e. The molecular formula is C11H12N2O2S. The lowest BCUT2D eigenvalue weighted by Crippen LogP contribution is -2.03. The first-order chi connectivity index (χ1) is 7.81. The molecule has 1 aromatic heterocycles. The molecule has 0 fully saturated rings. The van der Waals surface area contributed by atoms with E-state index in [1.165, 1.54) is 11.5 Å². The van der Waals surface area contributed by atoms with Crippen molar-refractivity contribution in [3.8, 4) is 5.75 Å². The van der Waals surface area contributed by atoms with Crippen molar-refractivity contribution in [3.05, 3.63) is 40.9 Å². The molecule has 0 bridgehead atoms. The van der Waals surface area contributed by atoms with Crippen molar-refractivity contribution in [1.82, 2.24) is 9.59 Å². The van der Waals surface area contributed by atoms with Crippen LogP contribution >= 0.6 is 11.5 Å². The molecule has 0 radical (unpaired) electrons. The van der Waals surface area contributed by atoms with Crippen LogP contribution in [-0.4, -0.2) is 21.8 Å². The maximum atomic E-state index is 9.93. The standard InChI is InChI=1S/C11H12N2O2S/c1-15-11-5-3-2-4-8(11)6-10(14)9-7-16-13-12-9/h2-5,7,10,14H,6H2,1H3. The monoisotopic (exact) mass is 236 g/mol. The number of aliphatic hydroxyl groups excluding tert-OH is 1. The summed E-state index contributed by atoms with van der Waals surface area (Å²) < 4.78 is 8.95. The Hall–Kier alpha value is -1.46. The molecule has 1 aromatic carbocycles. The van der Waals surface area contributed by atoms with Crippen LogP contribution < -0.4 is 4.74 Å². The summed E-state index contributed by atoms with van der Waals surface area (Å²) in [5, 5.41) is 15.5. The molecule has 0 amide bonds. The minimum absolute atomic E-state index is 0.482. The number of benzene rings is 1. The molecule has 2 rings (SSSR count). The number of nitrogens with zero attached hydrogens (tertiary/aromatic N) is 2. The Balaban J connectivity index is 2.14. The van der Waals surface area contributed by atoms with Crippen LogP contribution in [0.5, 0.6) is 5.75 Å². The highest BCUT2D eigenvalue weighted by atomic mass is 32.1. The molecule has 0 aliphatic heterocycles. The number of hydrogen-bond donors (Lipinski definition) is 1. The Kier molecular flexibility index (Phi) is 3.48. The fourth-order valence-corrected chi connectivity index (χ4v) is 2.00. The average molecular weight is 236 g/mol. The molecular weight excluding hydrogens is 224 g/mol. The van der Waals surface area contributed by atoms with Crippen LogP contribution in [0.4, 0.5) is 0 Å². The van der Waals surface area contributed by atoms with E-state index >= 15 is 0 Å². The van der Waals surface area contributed by atoms with Gasteiger partial charge in [-0.3, -0.25) is 0 Å². The maximum Gasteiger partial charge on any atom is 0.122 e. The second kappa shape index (κ2) is 5.05. The van der Waals surface area contributed by atoms with Crippen LogP contribution in [0.1, 0.15) is 17.4 Å². The van der Waals surface area contributed by atoms with Gasteiger partial charge in [-0.15, -0.1) is 5.10 Å². The molecule has 0 aliphatic carbocycles. The summed E-state index contributed by atoms with van der Waals surface area (Å²) >= 11 is 1.24. The van der Waals surface area contributed by atoms with E-state index in [2.05, 4.69) is 9.59 Å². The van der Waals surface area contributed by atoms with Gasteiger partial charge in [0.2, 0.25) is 0 Å². The Morgan fingerprint density at radius 2 is 2.25 bits per heavy atom. The van der Waals surface area contributed by atoms with Gasteiger partial charge in [-0.2, -0.15) is 0 Å². The topological polar surface area (TPSA) is 55.2 Å². The molecule has 1 heterocycles. The molecule has 0 saturated heterocycles. The summed E-state index contributed by atoms with van der Waals surface area (Å²) in [5.41, 5.74) is 1.57. The van der Waals surface area contributed by atoms with Crippen LogP contribution in [-0.2, 0) is 6.42 Å². The highest BCUT2D eigenvalue weighted by Crippen LogP contribution is 2.24. The maximum absolute atomic E-state index is 9.93. The summed E-state index contributed by atoms with van der Waals surface area (Å²) in [5.74, 6) is 0.782. The first-order valence-corrected chi connectivity index (χ1v) is 5.72. The van der Waals surface area contributed by atoms with Crippen LogP contribution in [0.25, 0.3) is 0 Å². The Bertz CT molecular complexity index is 445. The lowest BCUT2D eigenvalue weighted by molar-refractivity contribution is 0.172. The van der Waals surface area contributed by atoms with E-state index in [-0.39, 0.29) is 0 Å². The third kappa shape index (κ3) is 2.37. The normalized spacial score (nSPS) is 12.4. The fraction of sp³-hybridized carbons (Fsp3) is 0.273. The lowest BCUT2D eigenvalue weighted by atomic mass is 10.1. The highest BCUT2D eigenvalue weighted by molar-refractivity contribution is 7.03. The molecule has 2 aromatic rings. The van der Waals surface area contributed by atoms with Crippen LogP contribution in [0.3, 0.4) is 0 Å². The number of hydrogen-bond acceptors (Lipinski definition) is 5. The zero-order chi connectivity index (χ0) is 11.4. The summed E-state index contributed by atoms with van der Waals surface area (Å²) in [6.45, 7) is 0. The second-order valence-electron chi connectivity index (χ2n) is 3.36. The van der Waals surface area contributed by atoms with E-state index in [0.29, 0.717) is 12.1 Å². The number of ether oxygens (including phenoxy) is 1. The third-order valence-corrected chi connectivity index (χ3v) is 2.85. The minimum Gasteiger partial charge on any atom is -0.496 e. The van der Waals surface area contributed by atoms with Crippen LogP contribution in [0.15, 0.2) is 29.6 Å². The lowest BCUT2D eigenvalue weighted by Gasteiger charge is -2.10. The number of rotatable bonds is 4. The van der Waals surface area contributed by atoms with Crippen molar-refractivity contribution in [2.24, 2.45) is 0 Å². The summed E-state index contributed by atoms with van der Waals surface area (Å²) in [4.78, 5) is 0. The molecule has 0 aliphatic rings. The van der Waals surface area contributed by atoms with Crippen molar-refractivity contribution in [2.45, 2.75) is 12.5 Å². The molecule has 1 atom stereocenters. The highest BCUT2D eigenvalue weighted by Gasteiger charge is 2.13. The quantitative estimate of drug-likeness (QED) is 0.879. The van der Waals surface area contributed by atoms with Crippen molar-refractivity contribution in [3.63, 3.8) is 0 Å². The zero-order valence-corrected chi connectivity index (χ0v) is 9.65. The molecule has 5 heteroatoms. The van der Waals surface area contributed by atoms with E-state index in [9.17, 15) is 5.11 Å². The predicted octanol–water partition coefficient (Wildman–Crippen LogP) is 1.82. The van der Waals surface area contributed by atoms with E-state index in [1.54, 1.807) is 12.5 Å². The van der Waals surface area contributed by atoms with Gasteiger partial charge in [-0.25, -0.2) is 0 Å². The predicted molar refractivity (Wildman–Crippen MR) is 61.6 cm³/mol. The summed E-state index contributed by atoms with van der Waals surface area (Å²) in [6, 6.07) is 7.63. The summed E-state index contributed by atoms with van der Waals surface area (Å²) in [6.07, 6.45) is -0.148. The fourth-order valence-electron chi connectivity index (χ4n) is 1.50. The molecule has 4 nitrogen and oxygen atoms in total. The first kappa shape index (κ1) is 11.0. The second-order valence-corrected chi connectivity index (χ2v) is 3.97.